The molecule has 0 aliphatic carbocycles. The van der Waals surface area contributed by atoms with E-state index in [1.807, 2.05) is 11.0 Å². The van der Waals surface area contributed by atoms with Crippen LogP contribution < -0.4 is 15.0 Å². The number of sulfonamides is 1. The van der Waals surface area contributed by atoms with Crippen LogP contribution in [0, 0.1) is 6.92 Å². The van der Waals surface area contributed by atoms with Gasteiger partial charge in [0, 0.05) is 31.0 Å². The number of alkyl halides is 3. The molecule has 2 aliphatic rings. The highest BCUT2D eigenvalue weighted by Gasteiger charge is 2.55. The number of nitrogens with zero attached hydrogens (tertiary/aromatic N) is 4. The molecule has 0 bridgehead atoms. The maximum absolute atomic E-state index is 13.8. The number of aliphatic hydroxyl groups is 1. The van der Waals surface area contributed by atoms with Crippen LogP contribution in [-0.2, 0) is 24.3 Å². The van der Waals surface area contributed by atoms with Crippen LogP contribution in [0.1, 0.15) is 43.8 Å². The average molecular weight is 775 g/mol. The van der Waals surface area contributed by atoms with Gasteiger partial charge >= 0.3 is 21.6 Å². The molecule has 1 fully saturated rings. The topological polar surface area (TPSA) is 153 Å². The molecule has 3 heterocycles. The predicted molar refractivity (Wildman–Crippen MR) is 176 cm³/mol. The Kier molecular flexibility index (Phi) is 9.99. The summed E-state index contributed by atoms with van der Waals surface area (Å²) in [6.45, 7) is 7.14. The van der Waals surface area contributed by atoms with E-state index in [1.165, 1.54) is 7.11 Å². The summed E-state index contributed by atoms with van der Waals surface area (Å²) >= 11 is 3.33. The third-order valence-corrected chi connectivity index (χ3v) is 9.89. The Morgan fingerprint density at radius 2 is 1.84 bits per heavy atom. The smallest absolute Gasteiger partial charge is 0.496 e. The number of ether oxygens (including phenoxy) is 3. The molecular formula is C31H35BrF3N5O8S. The molecule has 18 heteroatoms. The zero-order chi connectivity index (χ0) is 36.1. The Balaban J connectivity index is 1.67. The summed E-state index contributed by atoms with van der Waals surface area (Å²) in [5.74, 6) is -1.51. The van der Waals surface area contributed by atoms with Crippen LogP contribution in [-0.4, -0.2) is 97.0 Å². The molecule has 5 rings (SSSR count). The molecule has 0 spiro atoms. The minimum absolute atomic E-state index is 0.186. The van der Waals surface area contributed by atoms with Crippen LogP contribution >= 0.6 is 15.9 Å². The van der Waals surface area contributed by atoms with E-state index in [4.69, 9.17) is 14.2 Å². The number of hydrogen-bond acceptors (Lipinski definition) is 11. The number of amides is 1. The summed E-state index contributed by atoms with van der Waals surface area (Å²) in [7, 11) is -4.72. The molecule has 1 atom stereocenters. The summed E-state index contributed by atoms with van der Waals surface area (Å²) in [5.41, 5.74) is -5.71. The van der Waals surface area contributed by atoms with Crippen molar-refractivity contribution in [3.63, 3.8) is 0 Å². The number of aromatic nitrogens is 2. The van der Waals surface area contributed by atoms with Gasteiger partial charge in [0.05, 0.1) is 48.5 Å². The number of rotatable bonds is 8. The van der Waals surface area contributed by atoms with E-state index in [2.05, 4.69) is 26.2 Å². The van der Waals surface area contributed by atoms with Gasteiger partial charge in [0.25, 0.3) is 5.91 Å². The van der Waals surface area contributed by atoms with Gasteiger partial charge < -0.3 is 29.5 Å². The fourth-order valence-electron chi connectivity index (χ4n) is 5.46. The van der Waals surface area contributed by atoms with Gasteiger partial charge in [-0.1, -0.05) is 6.07 Å². The number of aliphatic hydroxyl groups excluding tert-OH is 1. The van der Waals surface area contributed by atoms with Gasteiger partial charge in [-0.15, -0.1) is 0 Å². The summed E-state index contributed by atoms with van der Waals surface area (Å²) < 4.78 is 84.1. The first-order valence-electron chi connectivity index (χ1n) is 15.1. The van der Waals surface area contributed by atoms with E-state index in [-0.39, 0.29) is 27.6 Å². The average Bonchev–Trinajstić information content (AvgIpc) is 3.56. The minimum atomic E-state index is -6.18. The fraction of sp³-hybridized carbons (Fsp3) is 0.452. The number of morpholine rings is 1. The van der Waals surface area contributed by atoms with Crippen molar-refractivity contribution in [2.45, 2.75) is 44.9 Å². The van der Waals surface area contributed by atoms with Crippen LogP contribution in [0.25, 0.3) is 16.6 Å². The Labute approximate surface area is 288 Å². The summed E-state index contributed by atoms with van der Waals surface area (Å²) in [6.07, 6.45) is -2.27. The molecule has 0 unspecified atom stereocenters. The second kappa shape index (κ2) is 13.4. The summed E-state index contributed by atoms with van der Waals surface area (Å²) in [4.78, 5) is 34.2. The van der Waals surface area contributed by atoms with Gasteiger partial charge in [0.15, 0.2) is 5.82 Å². The highest BCUT2D eigenvalue weighted by molar-refractivity contribution is 9.10. The van der Waals surface area contributed by atoms with Gasteiger partial charge in [0.1, 0.15) is 16.9 Å². The lowest BCUT2D eigenvalue weighted by molar-refractivity contribution is -0.121. The van der Waals surface area contributed by atoms with Gasteiger partial charge in [-0.25, -0.2) is 18.7 Å². The van der Waals surface area contributed by atoms with Crippen molar-refractivity contribution < 1.29 is 50.5 Å². The minimum Gasteiger partial charge on any atom is -0.496 e. The summed E-state index contributed by atoms with van der Waals surface area (Å²) in [5, 5.41) is 13.7. The van der Waals surface area contributed by atoms with Crippen LogP contribution in [0.15, 0.2) is 40.5 Å². The highest BCUT2D eigenvalue weighted by Crippen LogP contribution is 2.38. The lowest BCUT2D eigenvalue weighted by Crippen LogP contribution is -2.43. The normalized spacial score (nSPS) is 16.8. The number of carbonyl (C=O) groups is 2. The maximum atomic E-state index is 13.8. The zero-order valence-electron chi connectivity index (χ0n) is 27.2. The van der Waals surface area contributed by atoms with E-state index in [0.29, 0.717) is 53.3 Å². The molecule has 2 aromatic carbocycles. The fourth-order valence-corrected chi connectivity index (χ4v) is 6.88. The van der Waals surface area contributed by atoms with Crippen LogP contribution in [0.3, 0.4) is 0 Å². The SMILES string of the molecule is COc1ccc([C@H](O)CNC2=C(c3nc4c(C)cc(N5CCOCC5)cc4n3C(=O)OC(C)(C)C)C(=O)N(S(=O)(=O)C(F)(F)F)C2)cc1Br. The van der Waals surface area contributed by atoms with Crippen molar-refractivity contribution in [1.29, 1.82) is 0 Å². The molecule has 266 valence electrons. The van der Waals surface area contributed by atoms with Crippen LogP contribution in [0.5, 0.6) is 5.75 Å². The number of aryl methyl sites for hydroxylation is 1. The molecule has 3 aromatic rings. The molecule has 2 N–H and O–H groups in total. The first-order chi connectivity index (χ1) is 22.8. The second-order valence-electron chi connectivity index (χ2n) is 12.4. The molecule has 1 aromatic heterocycles. The quantitative estimate of drug-likeness (QED) is 0.334. The van der Waals surface area contributed by atoms with Crippen LogP contribution in [0.4, 0.5) is 23.7 Å². The lowest BCUT2D eigenvalue weighted by Gasteiger charge is -2.29. The first kappa shape index (κ1) is 36.4. The third kappa shape index (κ3) is 7.22. The second-order valence-corrected chi connectivity index (χ2v) is 15.1. The maximum Gasteiger partial charge on any atom is 0.516 e. The Bertz CT molecular complexity index is 1940. The number of methoxy groups -OCH3 is 1. The third-order valence-electron chi connectivity index (χ3n) is 7.81. The van der Waals surface area contributed by atoms with E-state index in [9.17, 15) is 36.3 Å². The van der Waals surface area contributed by atoms with Gasteiger partial charge in [-0.3, -0.25) is 4.79 Å². The number of benzene rings is 2. The molecule has 13 nitrogen and oxygen atoms in total. The Morgan fingerprint density at radius 1 is 1.16 bits per heavy atom. The van der Waals surface area contributed by atoms with Gasteiger partial charge in [-0.05, 0) is 79.0 Å². The predicted octanol–water partition coefficient (Wildman–Crippen LogP) is 4.46. The van der Waals surface area contributed by atoms with Crippen molar-refractivity contribution in [2.24, 2.45) is 0 Å². The Hall–Kier alpha value is -3.87. The van der Waals surface area contributed by atoms with Crippen molar-refractivity contribution in [3.8, 4) is 5.75 Å². The highest BCUT2D eigenvalue weighted by atomic mass is 79.9. The number of nitrogens with one attached hydrogen (secondary N) is 1. The molecule has 1 saturated heterocycles. The molecule has 0 saturated carbocycles. The number of imidazole rings is 1. The van der Waals surface area contributed by atoms with Crippen LogP contribution in [0.2, 0.25) is 0 Å². The van der Waals surface area contributed by atoms with Crippen molar-refractivity contribution in [3.05, 3.63) is 57.5 Å². The molecule has 2 aliphatic heterocycles. The summed E-state index contributed by atoms with van der Waals surface area (Å²) in [6, 6.07) is 8.18. The number of carbonyl (C=O) groups excluding carboxylic acids is 2. The monoisotopic (exact) mass is 773 g/mol. The molecule has 49 heavy (non-hydrogen) atoms. The largest absolute Gasteiger partial charge is 0.516 e. The van der Waals surface area contributed by atoms with E-state index in [1.54, 1.807) is 52.0 Å². The first-order valence-corrected chi connectivity index (χ1v) is 17.3. The Morgan fingerprint density at radius 3 is 2.43 bits per heavy atom. The number of halogens is 4. The number of anilines is 1. The van der Waals surface area contributed by atoms with E-state index in [0.717, 1.165) is 4.57 Å². The van der Waals surface area contributed by atoms with Gasteiger partial charge in [0.2, 0.25) is 0 Å². The van der Waals surface area contributed by atoms with Crippen molar-refractivity contribution in [1.82, 2.24) is 19.2 Å². The van der Waals surface area contributed by atoms with Gasteiger partial charge in [-0.2, -0.15) is 21.6 Å². The standard InChI is InChI=1S/C31H35BrF3N5O8S/c1-17-12-19(38-8-10-47-11-9-38)14-22-26(17)37-27(40(22)29(43)48-30(2,3)4)25-21(16-39(28(25)42)49(44,45)31(33,34)35)36-15-23(41)18-6-7-24(46-5)20(32)13-18/h6-7,12-14,23,36,41H,8-11,15-16H2,1-5H3/t23-/m1/s1. The molecule has 1 amide bonds. The van der Waals surface area contributed by atoms with Crippen molar-refractivity contribution >= 4 is 60.2 Å². The number of fused-ring (bicyclic) bond motifs is 1. The van der Waals surface area contributed by atoms with E-state index >= 15 is 0 Å². The molecule has 0 radical (unpaired) electrons. The van der Waals surface area contributed by atoms with E-state index < -0.39 is 57.2 Å². The van der Waals surface area contributed by atoms with Crippen molar-refractivity contribution in [2.75, 3.05) is 51.4 Å². The molecular weight excluding hydrogens is 739 g/mol. The number of hydrogen-bond donors (Lipinski definition) is 2. The lowest BCUT2D eigenvalue weighted by atomic mass is 10.1. The zero-order valence-corrected chi connectivity index (χ0v) is 29.6.